The van der Waals surface area contributed by atoms with Crippen molar-refractivity contribution in [3.8, 4) is 0 Å². The van der Waals surface area contributed by atoms with Gasteiger partial charge in [-0.15, -0.1) is 0 Å². The molecule has 2 heterocycles. The van der Waals surface area contributed by atoms with E-state index in [-0.39, 0.29) is 6.10 Å². The maximum atomic E-state index is 5.83. The maximum Gasteiger partial charge on any atom is 0.191 e. The number of guanidine groups is 1. The molecule has 2 rings (SSSR count). The molecule has 6 heteroatoms. The first-order valence-corrected chi connectivity index (χ1v) is 10.9. The van der Waals surface area contributed by atoms with E-state index >= 15 is 0 Å². The quantitative estimate of drug-likeness (QED) is 0.501. The van der Waals surface area contributed by atoms with E-state index in [1.54, 1.807) is 0 Å². The summed E-state index contributed by atoms with van der Waals surface area (Å²) in [5.74, 6) is 2.53. The van der Waals surface area contributed by atoms with Gasteiger partial charge < -0.3 is 20.3 Å². The van der Waals surface area contributed by atoms with Gasteiger partial charge >= 0.3 is 0 Å². The average Bonchev–Trinajstić information content (AvgIpc) is 2.68. The van der Waals surface area contributed by atoms with Gasteiger partial charge in [0.2, 0.25) is 0 Å². The van der Waals surface area contributed by atoms with Crippen LogP contribution in [-0.4, -0.2) is 55.9 Å². The Bertz CT molecular complexity index is 579. The number of nitrogens with one attached hydrogen (secondary N) is 2. The summed E-state index contributed by atoms with van der Waals surface area (Å²) in [4.78, 5) is 11.7. The van der Waals surface area contributed by atoms with Crippen LogP contribution in [-0.2, 0) is 4.74 Å². The van der Waals surface area contributed by atoms with Crippen LogP contribution >= 0.6 is 0 Å². The van der Waals surface area contributed by atoms with Crippen molar-refractivity contribution in [3.05, 3.63) is 23.9 Å². The highest BCUT2D eigenvalue weighted by atomic mass is 16.5. The Labute approximate surface area is 171 Å². The monoisotopic (exact) mass is 389 g/mol. The van der Waals surface area contributed by atoms with Crippen LogP contribution in [0.4, 0.5) is 5.82 Å². The molecule has 1 fully saturated rings. The Kier molecular flexibility index (Phi) is 9.55. The maximum absolute atomic E-state index is 5.83. The number of aryl methyl sites for hydroxylation is 1. The summed E-state index contributed by atoms with van der Waals surface area (Å²) in [7, 11) is 0. The first-order chi connectivity index (χ1) is 13.5. The molecule has 1 atom stereocenters. The molecule has 1 saturated heterocycles. The molecule has 2 N–H and O–H groups in total. The molecule has 6 nitrogen and oxygen atoms in total. The summed E-state index contributed by atoms with van der Waals surface area (Å²) < 4.78 is 5.83. The Morgan fingerprint density at radius 2 is 2.04 bits per heavy atom. The Balaban J connectivity index is 1.82. The molecule has 0 bridgehead atoms. The van der Waals surface area contributed by atoms with E-state index < -0.39 is 0 Å². The van der Waals surface area contributed by atoms with Gasteiger partial charge in [-0.3, -0.25) is 4.99 Å². The lowest BCUT2D eigenvalue weighted by atomic mass is 10.0. The topological polar surface area (TPSA) is 61.8 Å². The Hall–Kier alpha value is -1.82. The normalized spacial score (nSPS) is 17.1. The number of hydrogen-bond donors (Lipinski definition) is 2. The van der Waals surface area contributed by atoms with Gasteiger partial charge in [-0.2, -0.15) is 0 Å². The smallest absolute Gasteiger partial charge is 0.191 e. The number of piperidine rings is 1. The highest BCUT2D eigenvalue weighted by Crippen LogP contribution is 2.18. The van der Waals surface area contributed by atoms with E-state index in [4.69, 9.17) is 9.73 Å². The molecular weight excluding hydrogens is 350 g/mol. The molecule has 0 aliphatic carbocycles. The van der Waals surface area contributed by atoms with Gasteiger partial charge in [0.1, 0.15) is 5.82 Å². The van der Waals surface area contributed by atoms with Crippen molar-refractivity contribution in [1.82, 2.24) is 15.6 Å². The number of aromatic nitrogens is 1. The second-order valence-electron chi connectivity index (χ2n) is 7.89. The molecule has 0 radical (unpaired) electrons. The van der Waals surface area contributed by atoms with Gasteiger partial charge in [0.25, 0.3) is 0 Å². The first kappa shape index (κ1) is 22.5. The van der Waals surface area contributed by atoms with E-state index in [0.717, 1.165) is 63.8 Å². The van der Waals surface area contributed by atoms with E-state index in [1.165, 1.54) is 5.56 Å². The second kappa shape index (κ2) is 11.9. The number of rotatable bonds is 9. The third-order valence-corrected chi connectivity index (χ3v) is 5.21. The summed E-state index contributed by atoms with van der Waals surface area (Å²) in [5.41, 5.74) is 1.20. The van der Waals surface area contributed by atoms with Crippen LogP contribution in [0, 0.1) is 12.8 Å². The fraction of sp³-hybridized carbons (Fsp3) is 0.727. The van der Waals surface area contributed by atoms with Crippen molar-refractivity contribution >= 4 is 11.8 Å². The Morgan fingerprint density at radius 1 is 1.29 bits per heavy atom. The molecule has 1 aliphatic rings. The number of pyridine rings is 1. The fourth-order valence-corrected chi connectivity index (χ4v) is 3.54. The number of anilines is 1. The Morgan fingerprint density at radius 3 is 2.61 bits per heavy atom. The molecule has 158 valence electrons. The lowest BCUT2D eigenvalue weighted by molar-refractivity contribution is 0.0266. The van der Waals surface area contributed by atoms with Gasteiger partial charge in [0.05, 0.1) is 6.10 Å². The number of hydrogen-bond acceptors (Lipinski definition) is 4. The molecule has 0 aromatic carbocycles. The van der Waals surface area contributed by atoms with Crippen LogP contribution < -0.4 is 15.5 Å². The SMILES string of the molecule is CCNC(=NCCC(OCC)C(C)C)NC1CCN(c2ccc(C)cn2)CC1. The van der Waals surface area contributed by atoms with Crippen LogP contribution in [0.5, 0.6) is 0 Å². The lowest BCUT2D eigenvalue weighted by Gasteiger charge is -2.34. The first-order valence-electron chi connectivity index (χ1n) is 10.9. The molecule has 0 saturated carbocycles. The van der Waals surface area contributed by atoms with Crippen LogP contribution in [0.25, 0.3) is 0 Å². The summed E-state index contributed by atoms with van der Waals surface area (Å²) >= 11 is 0. The number of aliphatic imine (C=N–C) groups is 1. The molecule has 1 aliphatic heterocycles. The minimum atomic E-state index is 0.280. The van der Waals surface area contributed by atoms with Gasteiger partial charge in [0, 0.05) is 45.0 Å². The van der Waals surface area contributed by atoms with E-state index in [2.05, 4.69) is 67.3 Å². The zero-order chi connectivity index (χ0) is 20.4. The zero-order valence-electron chi connectivity index (χ0n) is 18.4. The van der Waals surface area contributed by atoms with Crippen LogP contribution in [0.2, 0.25) is 0 Å². The van der Waals surface area contributed by atoms with Crippen LogP contribution in [0.3, 0.4) is 0 Å². The molecule has 1 aromatic heterocycles. The summed E-state index contributed by atoms with van der Waals surface area (Å²) in [5, 5.41) is 7.01. The highest BCUT2D eigenvalue weighted by molar-refractivity contribution is 5.80. The van der Waals surface area contributed by atoms with Gasteiger partial charge in [-0.25, -0.2) is 4.98 Å². The minimum absolute atomic E-state index is 0.280. The van der Waals surface area contributed by atoms with E-state index in [9.17, 15) is 0 Å². The summed E-state index contributed by atoms with van der Waals surface area (Å²) in [6, 6.07) is 4.71. The van der Waals surface area contributed by atoms with Gasteiger partial charge in [-0.1, -0.05) is 19.9 Å². The van der Waals surface area contributed by atoms with Crippen molar-refractivity contribution in [2.75, 3.05) is 37.7 Å². The van der Waals surface area contributed by atoms with Crippen molar-refractivity contribution in [3.63, 3.8) is 0 Å². The van der Waals surface area contributed by atoms with Crippen LogP contribution in [0.15, 0.2) is 23.3 Å². The van der Waals surface area contributed by atoms with Crippen molar-refractivity contribution in [1.29, 1.82) is 0 Å². The lowest BCUT2D eigenvalue weighted by Crippen LogP contribution is -2.49. The molecule has 1 unspecified atom stereocenters. The zero-order valence-corrected chi connectivity index (χ0v) is 18.4. The summed E-state index contributed by atoms with van der Waals surface area (Å²) in [6.07, 6.45) is 5.37. The predicted molar refractivity (Wildman–Crippen MR) is 118 cm³/mol. The average molecular weight is 390 g/mol. The molecule has 0 amide bonds. The molecular formula is C22H39N5O. The number of nitrogens with zero attached hydrogens (tertiary/aromatic N) is 3. The van der Waals surface area contributed by atoms with Crippen molar-refractivity contribution < 1.29 is 4.74 Å². The van der Waals surface area contributed by atoms with E-state index in [0.29, 0.717) is 12.0 Å². The highest BCUT2D eigenvalue weighted by Gasteiger charge is 2.21. The minimum Gasteiger partial charge on any atom is -0.378 e. The molecule has 1 aromatic rings. The van der Waals surface area contributed by atoms with Gasteiger partial charge in [-0.05, 0) is 57.6 Å². The second-order valence-corrected chi connectivity index (χ2v) is 7.89. The van der Waals surface area contributed by atoms with Crippen molar-refractivity contribution in [2.24, 2.45) is 10.9 Å². The molecule has 28 heavy (non-hydrogen) atoms. The predicted octanol–water partition coefficient (Wildman–Crippen LogP) is 3.37. The van der Waals surface area contributed by atoms with Crippen molar-refractivity contribution in [2.45, 2.75) is 66.0 Å². The van der Waals surface area contributed by atoms with Gasteiger partial charge in [0.15, 0.2) is 5.96 Å². The third kappa shape index (κ3) is 7.30. The standard InChI is InChI=1S/C22H39N5O/c1-6-23-22(24-13-10-20(17(3)4)28-7-2)26-19-11-14-27(15-12-19)21-9-8-18(5)16-25-21/h8-9,16-17,19-20H,6-7,10-15H2,1-5H3,(H2,23,24,26). The fourth-order valence-electron chi connectivity index (χ4n) is 3.54. The largest absolute Gasteiger partial charge is 0.378 e. The third-order valence-electron chi connectivity index (χ3n) is 5.21. The van der Waals surface area contributed by atoms with E-state index in [1.807, 2.05) is 6.20 Å². The summed E-state index contributed by atoms with van der Waals surface area (Å²) in [6.45, 7) is 15.1. The van der Waals surface area contributed by atoms with Crippen LogP contribution in [0.1, 0.15) is 52.5 Å². The number of ether oxygens (including phenoxy) is 1. The molecule has 0 spiro atoms.